The highest BCUT2D eigenvalue weighted by Gasteiger charge is 2.61. The van der Waals surface area contributed by atoms with Crippen molar-refractivity contribution in [3.05, 3.63) is 34.0 Å². The Morgan fingerprint density at radius 3 is 2.61 bits per heavy atom. The van der Waals surface area contributed by atoms with Crippen LogP contribution in [-0.4, -0.2) is 16.7 Å². The number of carbonyl (C=O) groups excluding carboxylic acids is 3. The van der Waals surface area contributed by atoms with Crippen LogP contribution in [0.2, 0.25) is 0 Å². The van der Waals surface area contributed by atoms with Crippen LogP contribution in [0.4, 0.5) is 4.39 Å². The van der Waals surface area contributed by atoms with Gasteiger partial charge in [-0.05, 0) is 79.3 Å². The van der Waals surface area contributed by atoms with Gasteiger partial charge in [-0.2, -0.15) is 0 Å². The average Bonchev–Trinajstić information content (AvgIpc) is 2.93. The van der Waals surface area contributed by atoms with E-state index in [9.17, 15) is 18.8 Å². The van der Waals surface area contributed by atoms with Crippen LogP contribution in [0.5, 0.6) is 0 Å². The van der Waals surface area contributed by atoms with Gasteiger partial charge in [-0.25, -0.2) is 4.39 Å². The van der Waals surface area contributed by atoms with Gasteiger partial charge in [0.2, 0.25) is 0 Å². The van der Waals surface area contributed by atoms with Crippen LogP contribution in [0.1, 0.15) is 59.8 Å². The minimum Gasteiger partial charge on any atom is -0.299 e. The first kappa shape index (κ1) is 19.8. The molecular formula is C23H27FO3S. The van der Waals surface area contributed by atoms with Gasteiger partial charge in [0.1, 0.15) is 5.78 Å². The molecule has 4 rings (SSSR count). The number of halogens is 1. The zero-order chi connectivity index (χ0) is 20.4. The fourth-order valence-corrected chi connectivity index (χ4v) is 7.58. The Morgan fingerprint density at radius 2 is 1.96 bits per heavy atom. The van der Waals surface area contributed by atoms with Crippen molar-refractivity contribution in [2.45, 2.75) is 59.8 Å². The van der Waals surface area contributed by atoms with E-state index in [1.54, 1.807) is 6.08 Å². The molecule has 0 aliphatic heterocycles. The average molecular weight is 403 g/mol. The lowest BCUT2D eigenvalue weighted by atomic mass is 9.46. The van der Waals surface area contributed by atoms with Crippen molar-refractivity contribution in [2.24, 2.45) is 28.6 Å². The molecule has 3 saturated carbocycles. The van der Waals surface area contributed by atoms with Crippen molar-refractivity contribution in [1.82, 2.24) is 0 Å². The van der Waals surface area contributed by atoms with Crippen molar-refractivity contribution in [3.63, 3.8) is 0 Å². The molecule has 0 heterocycles. The molecule has 4 aliphatic rings. The number of hydrogen-bond acceptors (Lipinski definition) is 4. The molecule has 0 unspecified atom stereocenters. The predicted octanol–water partition coefficient (Wildman–Crippen LogP) is 5.32. The summed E-state index contributed by atoms with van der Waals surface area (Å²) in [5, 5.41) is -0.163. The second kappa shape index (κ2) is 6.51. The minimum absolute atomic E-state index is 0.163. The van der Waals surface area contributed by atoms with E-state index in [0.29, 0.717) is 35.4 Å². The van der Waals surface area contributed by atoms with Gasteiger partial charge in [0.15, 0.2) is 10.9 Å². The monoisotopic (exact) mass is 402 g/mol. The first-order valence-corrected chi connectivity index (χ1v) is 11.0. The molecular weight excluding hydrogens is 375 g/mol. The fraction of sp³-hybridized carbons (Fsp3) is 0.609. The molecule has 0 aromatic heterocycles. The van der Waals surface area contributed by atoms with Crippen molar-refractivity contribution in [2.75, 3.05) is 0 Å². The zero-order valence-electron chi connectivity index (χ0n) is 16.9. The Bertz CT molecular complexity index is 882. The van der Waals surface area contributed by atoms with Crippen LogP contribution in [0.3, 0.4) is 0 Å². The van der Waals surface area contributed by atoms with Crippen LogP contribution >= 0.6 is 11.8 Å². The maximum Gasteiger partial charge on any atom is 0.192 e. The van der Waals surface area contributed by atoms with Crippen molar-refractivity contribution in [1.29, 1.82) is 0 Å². The molecule has 0 aromatic rings. The molecule has 0 N–H and O–H groups in total. The second-order valence-electron chi connectivity index (χ2n) is 9.33. The SMILES string of the molecule is CC(=O)SC1=C2C(=CF)C[C@@H]3[C@H](CC[C@]4(C)C(=O)CC[C@@H]34)[C@@]2(C)C(C)=CC1=O. The van der Waals surface area contributed by atoms with Gasteiger partial charge >= 0.3 is 0 Å². The van der Waals surface area contributed by atoms with Gasteiger partial charge in [0.05, 0.1) is 11.2 Å². The fourth-order valence-electron chi connectivity index (χ4n) is 6.69. The van der Waals surface area contributed by atoms with Gasteiger partial charge < -0.3 is 0 Å². The lowest BCUT2D eigenvalue weighted by Crippen LogP contribution is -2.51. The summed E-state index contributed by atoms with van der Waals surface area (Å²) in [6.45, 7) is 7.61. The summed E-state index contributed by atoms with van der Waals surface area (Å²) in [6, 6.07) is 0. The third-order valence-electron chi connectivity index (χ3n) is 8.18. The first-order chi connectivity index (χ1) is 13.1. The summed E-state index contributed by atoms with van der Waals surface area (Å²) in [4.78, 5) is 37.6. The highest BCUT2D eigenvalue weighted by Crippen LogP contribution is 2.67. The van der Waals surface area contributed by atoms with Crippen LogP contribution in [-0.2, 0) is 14.4 Å². The maximum absolute atomic E-state index is 14.2. The third-order valence-corrected chi connectivity index (χ3v) is 9.08. The summed E-state index contributed by atoms with van der Waals surface area (Å²) in [7, 11) is 0. The van der Waals surface area contributed by atoms with E-state index in [-0.39, 0.29) is 34.1 Å². The summed E-state index contributed by atoms with van der Waals surface area (Å²) in [6.07, 6.45) is 6.06. The Balaban J connectivity index is 1.88. The van der Waals surface area contributed by atoms with E-state index in [1.807, 2.05) is 6.92 Å². The Kier molecular flexibility index (Phi) is 4.61. The van der Waals surface area contributed by atoms with Gasteiger partial charge in [-0.3, -0.25) is 14.4 Å². The van der Waals surface area contributed by atoms with Crippen LogP contribution in [0.25, 0.3) is 0 Å². The Labute approximate surface area is 169 Å². The third kappa shape index (κ3) is 2.51. The molecule has 0 aromatic carbocycles. The van der Waals surface area contributed by atoms with E-state index in [0.717, 1.165) is 42.2 Å². The lowest BCUT2D eigenvalue weighted by Gasteiger charge is -2.57. The first-order valence-electron chi connectivity index (χ1n) is 10.1. The molecule has 3 fully saturated rings. The number of thioether (sulfide) groups is 1. The highest BCUT2D eigenvalue weighted by atomic mass is 32.2. The van der Waals surface area contributed by atoms with E-state index < -0.39 is 5.41 Å². The van der Waals surface area contributed by atoms with E-state index >= 15 is 0 Å². The maximum atomic E-state index is 14.2. The van der Waals surface area contributed by atoms with E-state index in [1.165, 1.54) is 6.92 Å². The summed E-state index contributed by atoms with van der Waals surface area (Å²) >= 11 is 0.932. The molecule has 0 radical (unpaired) electrons. The molecule has 0 saturated heterocycles. The second-order valence-corrected chi connectivity index (χ2v) is 10.5. The summed E-state index contributed by atoms with van der Waals surface area (Å²) < 4.78 is 14.2. The Hall–Kier alpha value is -1.49. The number of hydrogen-bond donors (Lipinski definition) is 0. The van der Waals surface area contributed by atoms with Gasteiger partial charge in [-0.1, -0.05) is 19.4 Å². The number of ketones is 2. The molecule has 3 nitrogen and oxygen atoms in total. The number of carbonyl (C=O) groups is 3. The molecule has 150 valence electrons. The van der Waals surface area contributed by atoms with E-state index in [4.69, 9.17) is 0 Å². The highest BCUT2D eigenvalue weighted by molar-refractivity contribution is 8.17. The standard InChI is InChI=1S/C23H27FO3S/c1-12-9-18(26)21(28-13(2)25)20-14(11-24)10-15-16-5-6-19(27)22(16,3)8-7-17(15)23(12,20)4/h9,11,15-17H,5-8,10H2,1-4H3/t15-,16-,17-,22-,23+/m0/s1. The molecule has 28 heavy (non-hydrogen) atoms. The molecule has 5 atom stereocenters. The topological polar surface area (TPSA) is 51.2 Å². The van der Waals surface area contributed by atoms with Crippen LogP contribution in [0.15, 0.2) is 34.0 Å². The van der Waals surface area contributed by atoms with Gasteiger partial charge in [0, 0.05) is 24.2 Å². The minimum atomic E-state index is -0.473. The predicted molar refractivity (Wildman–Crippen MR) is 108 cm³/mol. The number of allylic oxidation sites excluding steroid dienone is 5. The molecule has 0 bridgehead atoms. The smallest absolute Gasteiger partial charge is 0.192 e. The van der Waals surface area contributed by atoms with E-state index in [2.05, 4.69) is 13.8 Å². The van der Waals surface area contributed by atoms with Crippen LogP contribution < -0.4 is 0 Å². The number of rotatable bonds is 1. The summed E-state index contributed by atoms with van der Waals surface area (Å²) in [5.41, 5.74) is 1.44. The summed E-state index contributed by atoms with van der Waals surface area (Å²) in [5.74, 6) is 0.899. The van der Waals surface area contributed by atoms with Crippen molar-refractivity contribution >= 4 is 28.4 Å². The molecule has 0 spiro atoms. The lowest BCUT2D eigenvalue weighted by molar-refractivity contribution is -0.131. The molecule has 0 amide bonds. The van der Waals surface area contributed by atoms with Gasteiger partial charge in [-0.15, -0.1) is 0 Å². The van der Waals surface area contributed by atoms with Gasteiger partial charge in [0.25, 0.3) is 0 Å². The molecule has 5 heteroatoms. The largest absolute Gasteiger partial charge is 0.299 e. The number of Topliss-reactive ketones (excluding diaryl/α,β-unsaturated/α-hetero) is 1. The zero-order valence-corrected chi connectivity index (χ0v) is 17.7. The van der Waals surface area contributed by atoms with Crippen molar-refractivity contribution in [3.8, 4) is 0 Å². The van der Waals surface area contributed by atoms with Crippen molar-refractivity contribution < 1.29 is 18.8 Å². The quantitative estimate of drug-likeness (QED) is 0.595. The normalized spacial score (nSPS) is 41.5. The Morgan fingerprint density at radius 1 is 1.25 bits per heavy atom. The molecule has 4 aliphatic carbocycles. The number of fused-ring (bicyclic) bond motifs is 5. The van der Waals surface area contributed by atoms with Crippen LogP contribution in [0, 0.1) is 28.6 Å².